The summed E-state index contributed by atoms with van der Waals surface area (Å²) in [4.78, 5) is 41.9. The second-order valence-electron chi connectivity index (χ2n) is 11.2. The van der Waals surface area contributed by atoms with Crippen LogP contribution in [-0.2, 0) is 14.3 Å². The van der Waals surface area contributed by atoms with E-state index in [0.717, 1.165) is 0 Å². The van der Waals surface area contributed by atoms with Gasteiger partial charge in [0.05, 0.1) is 30.6 Å². The summed E-state index contributed by atoms with van der Waals surface area (Å²) in [7, 11) is 0. The van der Waals surface area contributed by atoms with Crippen LogP contribution in [0.2, 0.25) is 0 Å². The van der Waals surface area contributed by atoms with E-state index in [2.05, 4.69) is 5.32 Å². The molecule has 2 heterocycles. The molecule has 0 aliphatic carbocycles. The third-order valence-corrected chi connectivity index (χ3v) is 6.89. The third kappa shape index (κ3) is 8.00. The second kappa shape index (κ2) is 12.6. The molecule has 3 amide bonds. The minimum atomic E-state index is -0.777. The number of nitrogen functional groups attached to an aromatic ring is 1. The average Bonchev–Trinajstić information content (AvgIpc) is 3.30. The lowest BCUT2D eigenvalue weighted by atomic mass is 10.0. The fourth-order valence-corrected chi connectivity index (χ4v) is 4.82. The molecule has 12 heteroatoms. The second-order valence-corrected chi connectivity index (χ2v) is 11.2. The van der Waals surface area contributed by atoms with Crippen molar-refractivity contribution in [2.24, 2.45) is 0 Å². The Bertz CT molecular complexity index is 1260. The van der Waals surface area contributed by atoms with Gasteiger partial charge >= 0.3 is 12.2 Å². The summed E-state index contributed by atoms with van der Waals surface area (Å²) in [5, 5.41) is 13.0. The molecule has 0 radical (unpaired) electrons. The van der Waals surface area contributed by atoms with E-state index in [0.29, 0.717) is 48.8 Å². The largest absolute Gasteiger partial charge is 0.444 e. The summed E-state index contributed by atoms with van der Waals surface area (Å²) < 4.78 is 25.7. The van der Waals surface area contributed by atoms with Gasteiger partial charge in [-0.05, 0) is 63.1 Å². The number of alkyl carbamates (subject to hydrolysis) is 1. The number of halogens is 1. The molecule has 11 nitrogen and oxygen atoms in total. The molecule has 4 rings (SSSR count). The molecule has 2 aromatic rings. The van der Waals surface area contributed by atoms with Crippen LogP contribution in [-0.4, -0.2) is 79.1 Å². The quantitative estimate of drug-likeness (QED) is 0.410. The zero-order chi connectivity index (χ0) is 29.7. The number of aliphatic hydroxyl groups excluding tert-OH is 1. The molecule has 222 valence electrons. The first kappa shape index (κ1) is 29.9. The lowest BCUT2D eigenvalue weighted by Gasteiger charge is -2.36. The maximum Gasteiger partial charge on any atom is 0.414 e. The van der Waals surface area contributed by atoms with Crippen molar-refractivity contribution in [2.45, 2.75) is 51.4 Å². The Morgan fingerprint density at radius 2 is 1.90 bits per heavy atom. The number of nitrogens with zero attached hydrogens (tertiary/aromatic N) is 3. The number of piperazine rings is 1. The molecular weight excluding hydrogens is 533 g/mol. The minimum Gasteiger partial charge on any atom is -0.444 e. The summed E-state index contributed by atoms with van der Waals surface area (Å²) >= 11 is 0. The molecular formula is C29H38FN5O6. The average molecular weight is 572 g/mol. The smallest absolute Gasteiger partial charge is 0.414 e. The number of hydrogen-bond acceptors (Lipinski definition) is 8. The lowest BCUT2D eigenvalue weighted by molar-refractivity contribution is -0.132. The van der Waals surface area contributed by atoms with Gasteiger partial charge in [-0.2, -0.15) is 0 Å². The van der Waals surface area contributed by atoms with Crippen LogP contribution in [0.5, 0.6) is 0 Å². The highest BCUT2D eigenvalue weighted by molar-refractivity contribution is 5.90. The molecule has 0 aromatic heterocycles. The molecule has 2 aromatic carbocycles. The topological polar surface area (TPSA) is 138 Å². The molecule has 1 unspecified atom stereocenters. The number of hydrogen-bond donors (Lipinski definition) is 3. The van der Waals surface area contributed by atoms with Crippen molar-refractivity contribution in [3.63, 3.8) is 0 Å². The van der Waals surface area contributed by atoms with Crippen LogP contribution in [0, 0.1) is 5.82 Å². The van der Waals surface area contributed by atoms with Crippen molar-refractivity contribution in [1.82, 2.24) is 10.2 Å². The van der Waals surface area contributed by atoms with Gasteiger partial charge in [-0.25, -0.2) is 14.0 Å². The molecule has 0 saturated carbocycles. The number of carbonyl (C=O) groups excluding carboxylic acids is 3. The Balaban J connectivity index is 1.26. The van der Waals surface area contributed by atoms with Crippen molar-refractivity contribution >= 4 is 35.2 Å². The molecule has 2 aliphatic rings. The maximum atomic E-state index is 15.2. The molecule has 4 N–H and O–H groups in total. The number of carbonyl (C=O) groups is 3. The van der Waals surface area contributed by atoms with Crippen LogP contribution < -0.4 is 20.9 Å². The fraction of sp³-hybridized carbons (Fsp3) is 0.483. The summed E-state index contributed by atoms with van der Waals surface area (Å²) in [5.41, 5.74) is 7.09. The molecule has 2 fully saturated rings. The highest BCUT2D eigenvalue weighted by Gasteiger charge is 2.34. The highest BCUT2D eigenvalue weighted by Crippen LogP contribution is 2.29. The Kier molecular flexibility index (Phi) is 9.21. The van der Waals surface area contributed by atoms with Gasteiger partial charge in [0, 0.05) is 38.3 Å². The van der Waals surface area contributed by atoms with Crippen molar-refractivity contribution in [3.8, 4) is 0 Å². The maximum absolute atomic E-state index is 15.2. The molecule has 2 atom stereocenters. The van der Waals surface area contributed by atoms with Gasteiger partial charge in [0.25, 0.3) is 0 Å². The Labute approximate surface area is 239 Å². The lowest BCUT2D eigenvalue weighted by Crippen LogP contribution is -2.49. The third-order valence-electron chi connectivity index (χ3n) is 6.89. The number of benzene rings is 2. The predicted octanol–water partition coefficient (Wildman–Crippen LogP) is 3.42. The Morgan fingerprint density at radius 3 is 2.56 bits per heavy atom. The first-order valence-electron chi connectivity index (χ1n) is 13.7. The molecule has 0 bridgehead atoms. The first-order valence-corrected chi connectivity index (χ1v) is 13.7. The van der Waals surface area contributed by atoms with Gasteiger partial charge in [-0.15, -0.1) is 0 Å². The molecule has 2 aliphatic heterocycles. The number of ether oxygens (including phenoxy) is 2. The van der Waals surface area contributed by atoms with Gasteiger partial charge in [0.15, 0.2) is 0 Å². The SMILES string of the molecule is CC(C)(C)OC(=O)NC[C@H]1CN(c2ccc(N3CCN(C(=O)CCC(O)c4cccc(N)c4)CC3)c(F)c2)C(=O)O1. The van der Waals surface area contributed by atoms with Crippen LogP contribution in [0.25, 0.3) is 0 Å². The van der Waals surface area contributed by atoms with Gasteiger partial charge in [-0.1, -0.05) is 12.1 Å². The van der Waals surface area contributed by atoms with Crippen molar-refractivity contribution in [3.05, 3.63) is 53.8 Å². The highest BCUT2D eigenvalue weighted by atomic mass is 19.1. The zero-order valence-corrected chi connectivity index (χ0v) is 23.6. The number of amides is 3. The monoisotopic (exact) mass is 571 g/mol. The summed E-state index contributed by atoms with van der Waals surface area (Å²) in [6.07, 6.45) is -2.13. The summed E-state index contributed by atoms with van der Waals surface area (Å²) in [5.74, 6) is -0.553. The standard InChI is InChI=1S/C29H38FN5O6/c1-29(2,3)41-27(38)32-17-22-18-35(28(39)40-22)21-7-8-24(23(30)16-21)33-11-13-34(14-12-33)26(37)10-9-25(36)19-5-4-6-20(31)15-19/h4-8,15-16,22,25,36H,9-14,17-18,31H2,1-3H3,(H,32,38)/t22-,25?/m0/s1. The van der Waals surface area contributed by atoms with E-state index < -0.39 is 35.8 Å². The fourth-order valence-electron chi connectivity index (χ4n) is 4.82. The number of nitrogens with two attached hydrogens (primary N) is 1. The Hall–Kier alpha value is -4.06. The zero-order valence-electron chi connectivity index (χ0n) is 23.6. The van der Waals surface area contributed by atoms with E-state index in [9.17, 15) is 19.5 Å². The van der Waals surface area contributed by atoms with Gasteiger partial charge in [-0.3, -0.25) is 9.69 Å². The Morgan fingerprint density at radius 1 is 1.17 bits per heavy atom. The summed E-state index contributed by atoms with van der Waals surface area (Å²) in [6.45, 7) is 7.23. The number of nitrogens with one attached hydrogen (secondary N) is 1. The first-order chi connectivity index (χ1) is 19.4. The number of rotatable bonds is 8. The van der Waals surface area contributed by atoms with Crippen molar-refractivity contribution in [1.29, 1.82) is 0 Å². The van der Waals surface area contributed by atoms with Crippen molar-refractivity contribution < 1.29 is 33.4 Å². The summed E-state index contributed by atoms with van der Waals surface area (Å²) in [6, 6.07) is 11.5. The van der Waals surface area contributed by atoms with Crippen LogP contribution in [0.15, 0.2) is 42.5 Å². The normalized spacial score (nSPS) is 18.2. The number of aliphatic hydroxyl groups is 1. The minimum absolute atomic E-state index is 0.0633. The molecule has 2 saturated heterocycles. The van der Waals surface area contributed by atoms with E-state index in [1.54, 1.807) is 62.1 Å². The van der Waals surface area contributed by atoms with Gasteiger partial charge in [0.1, 0.15) is 17.5 Å². The molecule has 0 spiro atoms. The van der Waals surface area contributed by atoms with E-state index in [-0.39, 0.29) is 31.8 Å². The number of anilines is 3. The van der Waals surface area contributed by atoms with Crippen LogP contribution in [0.4, 0.5) is 31.0 Å². The van der Waals surface area contributed by atoms with Crippen LogP contribution in [0.1, 0.15) is 45.3 Å². The van der Waals surface area contributed by atoms with E-state index in [4.69, 9.17) is 15.2 Å². The van der Waals surface area contributed by atoms with Crippen LogP contribution in [0.3, 0.4) is 0 Å². The molecule has 41 heavy (non-hydrogen) atoms. The van der Waals surface area contributed by atoms with E-state index in [1.165, 1.54) is 11.0 Å². The van der Waals surface area contributed by atoms with Crippen LogP contribution >= 0.6 is 0 Å². The van der Waals surface area contributed by atoms with Gasteiger partial charge in [0.2, 0.25) is 5.91 Å². The van der Waals surface area contributed by atoms with Crippen molar-refractivity contribution in [2.75, 3.05) is 54.8 Å². The predicted molar refractivity (Wildman–Crippen MR) is 152 cm³/mol. The number of cyclic esters (lactones) is 1. The van der Waals surface area contributed by atoms with E-state index >= 15 is 4.39 Å². The van der Waals surface area contributed by atoms with E-state index in [1.807, 2.05) is 4.90 Å². The van der Waals surface area contributed by atoms with Gasteiger partial charge < -0.3 is 35.4 Å².